The minimum absolute atomic E-state index is 0.0498. The lowest BCUT2D eigenvalue weighted by molar-refractivity contribution is -0.146. The number of aromatic nitrogens is 1. The standard InChI is InChI=1S/C25H22N2O4S3/c28-23(31-16-20-17-33-25(26-20)19-8-2-1-3-9-19)15-22-21-10-5-4-7-18(21)12-13-27(22)34(29,30)24-11-6-14-32-24/h1-11,14,17,22H,12-13,15-16H2. The third-order valence-electron chi connectivity index (χ3n) is 5.73. The minimum atomic E-state index is -3.72. The first-order chi connectivity index (χ1) is 16.5. The average Bonchev–Trinajstić information content (AvgIpc) is 3.56. The quantitative estimate of drug-likeness (QED) is 0.316. The summed E-state index contributed by atoms with van der Waals surface area (Å²) in [6, 6.07) is 20.2. The van der Waals surface area contributed by atoms with Crippen molar-refractivity contribution in [3.63, 3.8) is 0 Å². The van der Waals surface area contributed by atoms with E-state index in [1.807, 2.05) is 60.0 Å². The molecule has 1 atom stereocenters. The Kier molecular flexibility index (Phi) is 6.60. The van der Waals surface area contributed by atoms with Crippen molar-refractivity contribution in [1.82, 2.24) is 9.29 Å². The van der Waals surface area contributed by atoms with Gasteiger partial charge < -0.3 is 4.74 Å². The van der Waals surface area contributed by atoms with Crippen molar-refractivity contribution in [3.8, 4) is 10.6 Å². The van der Waals surface area contributed by atoms with Gasteiger partial charge in [-0.05, 0) is 29.0 Å². The molecule has 174 valence electrons. The molecule has 0 amide bonds. The highest BCUT2D eigenvalue weighted by atomic mass is 32.2. The van der Waals surface area contributed by atoms with E-state index in [4.69, 9.17) is 4.74 Å². The molecule has 0 spiro atoms. The zero-order valence-corrected chi connectivity index (χ0v) is 20.6. The molecule has 0 fully saturated rings. The molecule has 4 aromatic rings. The fourth-order valence-electron chi connectivity index (χ4n) is 4.11. The van der Waals surface area contributed by atoms with Crippen LogP contribution in [0.3, 0.4) is 0 Å². The van der Waals surface area contributed by atoms with E-state index in [9.17, 15) is 13.2 Å². The summed E-state index contributed by atoms with van der Waals surface area (Å²) in [4.78, 5) is 17.4. The van der Waals surface area contributed by atoms with Gasteiger partial charge in [-0.1, -0.05) is 60.7 Å². The van der Waals surface area contributed by atoms with Gasteiger partial charge in [0.15, 0.2) is 0 Å². The molecule has 2 aromatic carbocycles. The first-order valence-corrected chi connectivity index (χ1v) is 14.0. The molecule has 1 aliphatic rings. The number of hydrogen-bond acceptors (Lipinski definition) is 7. The Hall–Kier alpha value is -2.85. The summed E-state index contributed by atoms with van der Waals surface area (Å²) in [6.07, 6.45) is 0.546. The van der Waals surface area contributed by atoms with Crippen LogP contribution in [-0.4, -0.2) is 30.2 Å². The van der Waals surface area contributed by atoms with Gasteiger partial charge in [-0.25, -0.2) is 13.4 Å². The van der Waals surface area contributed by atoms with Crippen LogP contribution in [0.2, 0.25) is 0 Å². The lowest BCUT2D eigenvalue weighted by Crippen LogP contribution is -2.40. The van der Waals surface area contributed by atoms with Crippen molar-refractivity contribution in [2.45, 2.75) is 29.7 Å². The van der Waals surface area contributed by atoms with Crippen LogP contribution in [0.4, 0.5) is 0 Å². The fourth-order valence-corrected chi connectivity index (χ4v) is 7.65. The SMILES string of the molecule is O=C(CC1c2ccccc2CCN1S(=O)(=O)c1cccs1)OCc1csc(-c2ccccc2)n1. The van der Waals surface area contributed by atoms with Gasteiger partial charge in [0, 0.05) is 17.5 Å². The van der Waals surface area contributed by atoms with E-state index in [0.717, 1.165) is 21.7 Å². The van der Waals surface area contributed by atoms with Crippen LogP contribution in [-0.2, 0) is 32.6 Å². The molecule has 0 N–H and O–H groups in total. The Morgan fingerprint density at radius 3 is 2.62 bits per heavy atom. The third kappa shape index (κ3) is 4.69. The predicted octanol–water partition coefficient (Wildman–Crippen LogP) is 5.29. The smallest absolute Gasteiger partial charge is 0.308 e. The summed E-state index contributed by atoms with van der Waals surface area (Å²) in [7, 11) is -3.72. The topological polar surface area (TPSA) is 76.6 Å². The largest absolute Gasteiger partial charge is 0.459 e. The normalized spacial score (nSPS) is 16.2. The summed E-state index contributed by atoms with van der Waals surface area (Å²) < 4.78 is 33.9. The van der Waals surface area contributed by atoms with Gasteiger partial charge >= 0.3 is 5.97 Å². The van der Waals surface area contributed by atoms with Crippen molar-refractivity contribution in [3.05, 3.63) is 94.3 Å². The van der Waals surface area contributed by atoms with Gasteiger partial charge in [0.1, 0.15) is 15.8 Å². The molecule has 3 heterocycles. The number of esters is 1. The highest BCUT2D eigenvalue weighted by molar-refractivity contribution is 7.91. The third-order valence-corrected chi connectivity index (χ3v) is 9.96. The molecule has 0 saturated carbocycles. The highest BCUT2D eigenvalue weighted by Crippen LogP contribution is 2.37. The Labute approximate surface area is 206 Å². The van der Waals surface area contributed by atoms with Crippen LogP contribution in [0.15, 0.2) is 81.7 Å². The van der Waals surface area contributed by atoms with Crippen molar-refractivity contribution < 1.29 is 17.9 Å². The van der Waals surface area contributed by atoms with E-state index >= 15 is 0 Å². The number of sulfonamides is 1. The van der Waals surface area contributed by atoms with Crippen LogP contribution in [0.5, 0.6) is 0 Å². The van der Waals surface area contributed by atoms with Gasteiger partial charge in [-0.15, -0.1) is 22.7 Å². The van der Waals surface area contributed by atoms with Gasteiger partial charge in [0.25, 0.3) is 10.0 Å². The summed E-state index contributed by atoms with van der Waals surface area (Å²) in [5, 5.41) is 4.48. The second-order valence-electron chi connectivity index (χ2n) is 7.89. The maximum Gasteiger partial charge on any atom is 0.308 e. The van der Waals surface area contributed by atoms with Crippen LogP contribution < -0.4 is 0 Å². The summed E-state index contributed by atoms with van der Waals surface area (Å²) in [5.41, 5.74) is 3.60. The van der Waals surface area contributed by atoms with Crippen LogP contribution in [0, 0.1) is 0 Å². The predicted molar refractivity (Wildman–Crippen MR) is 133 cm³/mol. The lowest BCUT2D eigenvalue weighted by Gasteiger charge is -2.35. The Morgan fingerprint density at radius 1 is 1.03 bits per heavy atom. The maximum atomic E-state index is 13.3. The molecule has 0 radical (unpaired) electrons. The molecular formula is C25H22N2O4S3. The Bertz CT molecular complexity index is 1380. The van der Waals surface area contributed by atoms with Gasteiger partial charge in [0.2, 0.25) is 0 Å². The first-order valence-electron chi connectivity index (χ1n) is 10.8. The van der Waals surface area contributed by atoms with Crippen LogP contribution in [0.1, 0.15) is 29.3 Å². The molecule has 9 heteroatoms. The second-order valence-corrected chi connectivity index (χ2v) is 11.8. The van der Waals surface area contributed by atoms with E-state index in [-0.39, 0.29) is 17.2 Å². The molecule has 0 bridgehead atoms. The monoisotopic (exact) mass is 510 g/mol. The average molecular weight is 511 g/mol. The fraction of sp³-hybridized carbons (Fsp3) is 0.200. The number of hydrogen-bond donors (Lipinski definition) is 0. The van der Waals surface area contributed by atoms with Gasteiger partial charge in [-0.3, -0.25) is 4.79 Å². The van der Waals surface area contributed by atoms with E-state index in [1.165, 1.54) is 27.0 Å². The molecule has 0 aliphatic carbocycles. The number of carbonyl (C=O) groups is 1. The zero-order valence-electron chi connectivity index (χ0n) is 18.2. The second kappa shape index (κ2) is 9.79. The van der Waals surface area contributed by atoms with Crippen molar-refractivity contribution in [2.75, 3.05) is 6.54 Å². The van der Waals surface area contributed by atoms with Crippen LogP contribution in [0.25, 0.3) is 10.6 Å². The van der Waals surface area contributed by atoms with Crippen LogP contribution >= 0.6 is 22.7 Å². The first kappa shape index (κ1) is 22.9. The Balaban J connectivity index is 1.32. The molecule has 34 heavy (non-hydrogen) atoms. The minimum Gasteiger partial charge on any atom is -0.459 e. The van der Waals surface area contributed by atoms with E-state index in [0.29, 0.717) is 18.7 Å². The molecule has 0 saturated heterocycles. The number of ether oxygens (including phenoxy) is 1. The van der Waals surface area contributed by atoms with Crippen molar-refractivity contribution in [1.29, 1.82) is 0 Å². The summed E-state index contributed by atoms with van der Waals surface area (Å²) in [6.45, 7) is 0.371. The van der Waals surface area contributed by atoms with E-state index in [1.54, 1.807) is 17.5 Å². The zero-order chi connectivity index (χ0) is 23.5. The lowest BCUT2D eigenvalue weighted by atomic mass is 9.92. The van der Waals surface area contributed by atoms with Crippen molar-refractivity contribution in [2.24, 2.45) is 0 Å². The van der Waals surface area contributed by atoms with Crippen molar-refractivity contribution >= 4 is 38.7 Å². The van der Waals surface area contributed by atoms with E-state index < -0.39 is 22.0 Å². The molecule has 1 aliphatic heterocycles. The number of fused-ring (bicyclic) bond motifs is 1. The summed E-state index contributed by atoms with van der Waals surface area (Å²) in [5.74, 6) is -0.456. The number of thiazole rings is 1. The number of thiophene rings is 1. The molecule has 6 nitrogen and oxygen atoms in total. The summed E-state index contributed by atoms with van der Waals surface area (Å²) >= 11 is 2.67. The molecule has 2 aromatic heterocycles. The molecule has 1 unspecified atom stereocenters. The molecule has 5 rings (SSSR count). The maximum absolute atomic E-state index is 13.3. The van der Waals surface area contributed by atoms with E-state index in [2.05, 4.69) is 4.98 Å². The van der Waals surface area contributed by atoms with Gasteiger partial charge in [-0.2, -0.15) is 4.31 Å². The Morgan fingerprint density at radius 2 is 1.82 bits per heavy atom. The number of carbonyl (C=O) groups excluding carboxylic acids is 1. The highest BCUT2D eigenvalue weighted by Gasteiger charge is 2.38. The van der Waals surface area contributed by atoms with Gasteiger partial charge in [0.05, 0.1) is 18.2 Å². The number of benzene rings is 2. The number of nitrogens with zero attached hydrogens (tertiary/aromatic N) is 2. The molecular weight excluding hydrogens is 488 g/mol. The number of rotatable bonds is 7.